The molecule has 0 amide bonds. The van der Waals surface area contributed by atoms with Gasteiger partial charge in [0.15, 0.2) is 0 Å². The van der Waals surface area contributed by atoms with Crippen molar-refractivity contribution >= 4 is 35.1 Å². The Hall–Kier alpha value is -2.32. The predicted octanol–water partition coefficient (Wildman–Crippen LogP) is 2.58. The van der Waals surface area contributed by atoms with Crippen LogP contribution < -0.4 is 0 Å². The molecule has 0 aliphatic heterocycles. The summed E-state index contributed by atoms with van der Waals surface area (Å²) in [7, 11) is 1.37. The number of ether oxygens (including phenoxy) is 1. The van der Waals surface area contributed by atoms with Crippen molar-refractivity contribution in [1.29, 1.82) is 0 Å². The molecule has 0 spiro atoms. The van der Waals surface area contributed by atoms with Crippen LogP contribution >= 0.6 is 23.2 Å². The fourth-order valence-corrected chi connectivity index (χ4v) is 2.81. The number of carbonyl (C=O) groups is 2. The van der Waals surface area contributed by atoms with Crippen molar-refractivity contribution in [3.8, 4) is 0 Å². The van der Waals surface area contributed by atoms with Gasteiger partial charge in [-0.25, -0.2) is 19.9 Å². The van der Waals surface area contributed by atoms with Crippen molar-refractivity contribution < 1.29 is 19.4 Å². The maximum atomic E-state index is 11.4. The van der Waals surface area contributed by atoms with E-state index in [9.17, 15) is 9.59 Å². The van der Waals surface area contributed by atoms with Gasteiger partial charge in [0, 0.05) is 24.8 Å². The van der Waals surface area contributed by atoms with Crippen molar-refractivity contribution in [1.82, 2.24) is 19.9 Å². The average molecular weight is 411 g/mol. The maximum Gasteiger partial charge on any atom is 0.319 e. The second-order valence-electron chi connectivity index (χ2n) is 6.41. The van der Waals surface area contributed by atoms with Gasteiger partial charge in [-0.2, -0.15) is 0 Å². The van der Waals surface area contributed by atoms with Crippen molar-refractivity contribution in [3.05, 3.63) is 46.5 Å². The Morgan fingerprint density at radius 3 is 1.56 bits per heavy atom. The largest absolute Gasteiger partial charge is 0.480 e. The molecule has 1 N–H and O–H groups in total. The zero-order chi connectivity index (χ0) is 19.7. The number of hydrogen-bond donors (Lipinski definition) is 1. The highest BCUT2D eigenvalue weighted by molar-refractivity contribution is 6.30. The minimum absolute atomic E-state index is 0.264. The van der Waals surface area contributed by atoms with Gasteiger partial charge >= 0.3 is 11.9 Å². The molecule has 0 saturated heterocycles. The number of esters is 1. The molecule has 2 aromatic heterocycles. The summed E-state index contributed by atoms with van der Waals surface area (Å²) in [6.07, 6.45) is 8.57. The van der Waals surface area contributed by atoms with Crippen LogP contribution in [0.2, 0.25) is 10.0 Å². The van der Waals surface area contributed by atoms with Crippen molar-refractivity contribution in [2.24, 2.45) is 0 Å². The minimum atomic E-state index is -0.852. The Labute approximate surface area is 164 Å². The normalized spacial score (nSPS) is 17.9. The topological polar surface area (TPSA) is 115 Å². The van der Waals surface area contributed by atoms with Gasteiger partial charge in [-0.1, -0.05) is 23.2 Å². The summed E-state index contributed by atoms with van der Waals surface area (Å²) in [5.74, 6) is -0.243. The highest BCUT2D eigenvalue weighted by atomic mass is 35.5. The number of carboxylic acid groups (broad SMARTS) is 1. The van der Waals surface area contributed by atoms with Gasteiger partial charge in [-0.3, -0.25) is 9.59 Å². The number of carbonyl (C=O) groups excluding carboxylic acids is 1. The van der Waals surface area contributed by atoms with E-state index in [0.717, 1.165) is 12.8 Å². The monoisotopic (exact) mass is 410 g/mol. The Bertz CT molecular complexity index is 850. The fourth-order valence-electron chi connectivity index (χ4n) is 2.62. The van der Waals surface area contributed by atoms with Gasteiger partial charge in [0.2, 0.25) is 0 Å². The summed E-state index contributed by atoms with van der Waals surface area (Å²) in [5, 5.41) is 9.80. The van der Waals surface area contributed by atoms with Crippen LogP contribution in [0.25, 0.3) is 0 Å². The lowest BCUT2D eigenvalue weighted by molar-refractivity contribution is -0.144. The Morgan fingerprint density at radius 2 is 1.26 bits per heavy atom. The Morgan fingerprint density at radius 1 is 0.889 bits per heavy atom. The second-order valence-corrected chi connectivity index (χ2v) is 7.28. The summed E-state index contributed by atoms with van der Waals surface area (Å²) in [5.41, 5.74) is -1.43. The summed E-state index contributed by atoms with van der Waals surface area (Å²) < 4.78 is 4.71. The van der Waals surface area contributed by atoms with Crippen LogP contribution in [0.5, 0.6) is 0 Å². The van der Waals surface area contributed by atoms with Crippen molar-refractivity contribution in [3.63, 3.8) is 0 Å². The van der Waals surface area contributed by atoms with E-state index >= 15 is 0 Å². The first-order valence-corrected chi connectivity index (χ1v) is 8.87. The molecule has 8 nitrogen and oxygen atoms in total. The first-order chi connectivity index (χ1) is 12.8. The van der Waals surface area contributed by atoms with Crippen LogP contribution in [0.15, 0.2) is 24.8 Å². The van der Waals surface area contributed by atoms with Crippen LogP contribution in [0.1, 0.15) is 37.3 Å². The summed E-state index contributed by atoms with van der Waals surface area (Å²) in [6, 6.07) is 0. The van der Waals surface area contributed by atoms with Crippen LogP contribution in [0, 0.1) is 0 Å². The van der Waals surface area contributed by atoms with Gasteiger partial charge in [0.05, 0.1) is 17.2 Å². The number of halogens is 2. The number of rotatable bonds is 4. The van der Waals surface area contributed by atoms with Crippen molar-refractivity contribution in [2.75, 3.05) is 7.11 Å². The molecule has 0 bridgehead atoms. The summed E-state index contributed by atoms with van der Waals surface area (Å²) in [4.78, 5) is 38.2. The molecule has 0 atom stereocenters. The van der Waals surface area contributed by atoms with E-state index in [4.69, 9.17) is 33.0 Å². The smallest absolute Gasteiger partial charge is 0.319 e. The molecule has 2 aliphatic rings. The Kier molecular flexibility index (Phi) is 5.30. The highest BCUT2D eigenvalue weighted by Gasteiger charge is 2.55. The lowest BCUT2D eigenvalue weighted by Gasteiger charge is -2.09. The van der Waals surface area contributed by atoms with E-state index in [1.165, 1.54) is 31.9 Å². The first-order valence-electron chi connectivity index (χ1n) is 8.12. The van der Waals surface area contributed by atoms with Gasteiger partial charge in [-0.05, 0) is 25.7 Å². The van der Waals surface area contributed by atoms with Gasteiger partial charge in [-0.15, -0.1) is 0 Å². The van der Waals surface area contributed by atoms with Crippen LogP contribution in [0.3, 0.4) is 0 Å². The molecule has 2 saturated carbocycles. The van der Waals surface area contributed by atoms with Gasteiger partial charge < -0.3 is 9.84 Å². The zero-order valence-corrected chi connectivity index (χ0v) is 15.9. The lowest BCUT2D eigenvalue weighted by Crippen LogP contribution is -2.24. The quantitative estimate of drug-likeness (QED) is 0.764. The van der Waals surface area contributed by atoms with E-state index < -0.39 is 16.8 Å². The molecule has 2 fully saturated rings. The van der Waals surface area contributed by atoms with Gasteiger partial charge in [0.25, 0.3) is 0 Å². The van der Waals surface area contributed by atoms with Crippen molar-refractivity contribution in [2.45, 2.75) is 36.5 Å². The number of aromatic nitrogens is 4. The number of hydrogen-bond acceptors (Lipinski definition) is 7. The average Bonchev–Trinajstić information content (AvgIpc) is 3.56. The van der Waals surface area contributed by atoms with Crippen LogP contribution in [-0.2, 0) is 25.2 Å². The molecule has 0 radical (unpaired) electrons. The molecule has 27 heavy (non-hydrogen) atoms. The molecular weight excluding hydrogens is 395 g/mol. The molecule has 2 heterocycles. The summed E-state index contributed by atoms with van der Waals surface area (Å²) in [6.45, 7) is 0. The molecule has 0 unspecified atom stereocenters. The molecule has 142 valence electrons. The number of aliphatic carboxylic acids is 1. The lowest BCUT2D eigenvalue weighted by atomic mass is 10.1. The number of carboxylic acids is 1. The van der Waals surface area contributed by atoms with Crippen LogP contribution in [-0.4, -0.2) is 44.1 Å². The predicted molar refractivity (Wildman–Crippen MR) is 95.6 cm³/mol. The zero-order valence-electron chi connectivity index (χ0n) is 14.4. The molecule has 2 aliphatic carbocycles. The molecule has 0 aromatic carbocycles. The molecule has 2 aromatic rings. The van der Waals surface area contributed by atoms with Gasteiger partial charge in [0.1, 0.15) is 22.5 Å². The van der Waals surface area contributed by atoms with E-state index in [-0.39, 0.29) is 5.97 Å². The third kappa shape index (κ3) is 3.86. The van der Waals surface area contributed by atoms with E-state index in [1.54, 1.807) is 0 Å². The third-order valence-electron chi connectivity index (χ3n) is 4.58. The first kappa shape index (κ1) is 19.4. The SMILES string of the molecule is COC(=O)C1(c2ncc(Cl)cn2)CC1.O=C(O)C1(c2ncc(Cl)cn2)CC1. The molecule has 4 rings (SSSR count). The second kappa shape index (κ2) is 7.36. The third-order valence-corrected chi connectivity index (χ3v) is 4.97. The summed E-state index contributed by atoms with van der Waals surface area (Å²) >= 11 is 11.2. The van der Waals surface area contributed by atoms with E-state index in [0.29, 0.717) is 34.5 Å². The number of nitrogens with zero attached hydrogens (tertiary/aromatic N) is 4. The highest BCUT2D eigenvalue weighted by Crippen LogP contribution is 2.47. The Balaban J connectivity index is 0.000000156. The number of methoxy groups -OCH3 is 1. The standard InChI is InChI=1S/C9H9ClN2O2.C8H7ClN2O2/c1-14-8(13)9(2-3-9)7-11-4-6(10)5-12-7;9-5-3-10-6(11-4-5)8(1-2-8)7(12)13/h4-5H,2-3H2,1H3;3-4H,1-2H2,(H,12,13). The van der Waals surface area contributed by atoms with Crippen LogP contribution in [0.4, 0.5) is 0 Å². The molecule has 10 heteroatoms. The fraction of sp³-hybridized carbons (Fsp3) is 0.412. The molecular formula is C17H16Cl2N4O4. The minimum Gasteiger partial charge on any atom is -0.480 e. The van der Waals surface area contributed by atoms with E-state index in [2.05, 4.69) is 19.9 Å². The van der Waals surface area contributed by atoms with E-state index in [1.807, 2.05) is 0 Å². The maximum absolute atomic E-state index is 11.4.